The second kappa shape index (κ2) is 10.4. The van der Waals surface area contributed by atoms with Crippen LogP contribution in [0.5, 0.6) is 0 Å². The van der Waals surface area contributed by atoms with Gasteiger partial charge in [-0.2, -0.15) is 0 Å². The number of hydrogen-bond acceptors (Lipinski definition) is 5. The first-order chi connectivity index (χ1) is 15.0. The monoisotopic (exact) mass is 440 g/mol. The van der Waals surface area contributed by atoms with Crippen LogP contribution < -0.4 is 0 Å². The highest BCUT2D eigenvalue weighted by molar-refractivity contribution is 6.30. The highest BCUT2D eigenvalue weighted by atomic mass is 35.5. The number of carbonyl (C=O) groups is 2. The number of aliphatic hydroxyl groups is 1. The van der Waals surface area contributed by atoms with E-state index in [0.29, 0.717) is 28.5 Å². The number of aromatic nitrogens is 2. The molecule has 0 unspecified atom stereocenters. The van der Waals surface area contributed by atoms with Gasteiger partial charge in [0.05, 0.1) is 25.0 Å². The summed E-state index contributed by atoms with van der Waals surface area (Å²) in [6, 6.07) is 13.8. The first-order valence-electron chi connectivity index (χ1n) is 10.2. The van der Waals surface area contributed by atoms with E-state index in [2.05, 4.69) is 11.9 Å². The predicted molar refractivity (Wildman–Crippen MR) is 119 cm³/mol. The average molecular weight is 441 g/mol. The van der Waals surface area contributed by atoms with Crippen molar-refractivity contribution in [1.82, 2.24) is 9.55 Å². The zero-order valence-corrected chi connectivity index (χ0v) is 18.4. The molecule has 0 bridgehead atoms. The van der Waals surface area contributed by atoms with Gasteiger partial charge < -0.3 is 14.4 Å². The lowest BCUT2D eigenvalue weighted by atomic mass is 9.97. The van der Waals surface area contributed by atoms with Crippen molar-refractivity contribution < 1.29 is 19.4 Å². The number of ketones is 1. The van der Waals surface area contributed by atoms with Gasteiger partial charge in [0.1, 0.15) is 5.82 Å². The molecular weight excluding hydrogens is 416 g/mol. The van der Waals surface area contributed by atoms with Gasteiger partial charge in [0.25, 0.3) is 0 Å². The lowest BCUT2D eigenvalue weighted by Gasteiger charge is -2.12. The fourth-order valence-electron chi connectivity index (χ4n) is 3.44. The minimum absolute atomic E-state index is 0.196. The largest absolute Gasteiger partial charge is 0.465 e. The van der Waals surface area contributed by atoms with Gasteiger partial charge in [0, 0.05) is 24.1 Å². The predicted octanol–water partition coefficient (Wildman–Crippen LogP) is 4.44. The van der Waals surface area contributed by atoms with Crippen LogP contribution in [0.15, 0.2) is 48.5 Å². The Balaban J connectivity index is 1.85. The molecule has 0 aliphatic carbocycles. The van der Waals surface area contributed by atoms with E-state index in [1.165, 1.54) is 7.11 Å². The molecule has 0 spiro atoms. The van der Waals surface area contributed by atoms with Crippen LogP contribution in [0.3, 0.4) is 0 Å². The number of methoxy groups -OCH3 is 1. The van der Waals surface area contributed by atoms with E-state index >= 15 is 0 Å². The molecule has 0 saturated carbocycles. The maximum atomic E-state index is 13.0. The molecule has 0 aliphatic rings. The first kappa shape index (κ1) is 22.7. The van der Waals surface area contributed by atoms with Gasteiger partial charge in [-0.1, -0.05) is 67.4 Å². The zero-order valence-electron chi connectivity index (χ0n) is 17.6. The Morgan fingerprint density at radius 3 is 2.39 bits per heavy atom. The van der Waals surface area contributed by atoms with E-state index < -0.39 is 5.97 Å². The second-order valence-corrected chi connectivity index (χ2v) is 7.53. The van der Waals surface area contributed by atoms with Gasteiger partial charge in [0.2, 0.25) is 0 Å². The third-order valence-electron chi connectivity index (χ3n) is 5.14. The summed E-state index contributed by atoms with van der Waals surface area (Å²) in [7, 11) is 1.29. The third kappa shape index (κ3) is 5.03. The van der Waals surface area contributed by atoms with E-state index in [4.69, 9.17) is 16.3 Å². The number of unbranched alkanes of at least 4 members (excludes halogenated alkanes) is 1. The van der Waals surface area contributed by atoms with Crippen molar-refractivity contribution in [1.29, 1.82) is 0 Å². The minimum Gasteiger partial charge on any atom is -0.465 e. The van der Waals surface area contributed by atoms with Gasteiger partial charge in [0.15, 0.2) is 10.9 Å². The van der Waals surface area contributed by atoms with Crippen LogP contribution >= 0.6 is 11.6 Å². The second-order valence-electron chi connectivity index (χ2n) is 7.18. The number of halogens is 1. The molecule has 0 saturated heterocycles. The summed E-state index contributed by atoms with van der Waals surface area (Å²) in [6.45, 7) is 2.40. The normalized spacial score (nSPS) is 10.8. The van der Waals surface area contributed by atoms with E-state index in [9.17, 15) is 14.7 Å². The van der Waals surface area contributed by atoms with Gasteiger partial charge in [-0.05, 0) is 18.1 Å². The van der Waals surface area contributed by atoms with E-state index in [-0.39, 0.29) is 18.0 Å². The number of imidazole rings is 1. The van der Waals surface area contributed by atoms with Gasteiger partial charge >= 0.3 is 5.97 Å². The van der Waals surface area contributed by atoms with Gasteiger partial charge in [-0.25, -0.2) is 9.78 Å². The molecule has 1 heterocycles. The number of carbonyl (C=O) groups excluding carboxylic acids is 2. The quantitative estimate of drug-likeness (QED) is 0.393. The number of nitrogens with zero attached hydrogens (tertiary/aromatic N) is 2. The van der Waals surface area contributed by atoms with Crippen LogP contribution in [0.1, 0.15) is 63.1 Å². The molecule has 6 nitrogen and oxygen atoms in total. The summed E-state index contributed by atoms with van der Waals surface area (Å²) in [5, 5.41) is 10.0. The molecule has 1 aromatic heterocycles. The van der Waals surface area contributed by atoms with Crippen molar-refractivity contribution in [2.75, 3.05) is 7.11 Å². The number of aliphatic hydroxyl groups excluding tert-OH is 1. The first-order valence-corrected chi connectivity index (χ1v) is 10.5. The fraction of sp³-hybridized carbons (Fsp3) is 0.292. The average Bonchev–Trinajstić information content (AvgIpc) is 3.10. The Morgan fingerprint density at radius 2 is 1.77 bits per heavy atom. The Kier molecular flexibility index (Phi) is 7.60. The lowest BCUT2D eigenvalue weighted by molar-refractivity contribution is 0.0597. The summed E-state index contributed by atoms with van der Waals surface area (Å²) >= 11 is 6.21. The van der Waals surface area contributed by atoms with E-state index in [1.54, 1.807) is 36.4 Å². The lowest BCUT2D eigenvalue weighted by Crippen LogP contribution is -2.12. The topological polar surface area (TPSA) is 81.4 Å². The fourth-order valence-corrected chi connectivity index (χ4v) is 3.70. The Labute approximate surface area is 186 Å². The van der Waals surface area contributed by atoms with E-state index in [1.807, 2.05) is 16.7 Å². The Bertz CT molecular complexity index is 1070. The molecule has 0 radical (unpaired) electrons. The number of ether oxygens (including phenoxy) is 1. The number of esters is 1. The highest BCUT2D eigenvalue weighted by Crippen LogP contribution is 2.22. The van der Waals surface area contributed by atoms with Crippen molar-refractivity contribution >= 4 is 23.4 Å². The zero-order chi connectivity index (χ0) is 22.4. The van der Waals surface area contributed by atoms with Crippen molar-refractivity contribution in [3.63, 3.8) is 0 Å². The molecule has 0 fully saturated rings. The minimum atomic E-state index is -0.548. The molecule has 31 heavy (non-hydrogen) atoms. The van der Waals surface area contributed by atoms with Crippen LogP contribution in [0.25, 0.3) is 0 Å². The van der Waals surface area contributed by atoms with Crippen molar-refractivity contribution in [2.24, 2.45) is 0 Å². The number of rotatable bonds is 9. The summed E-state index contributed by atoms with van der Waals surface area (Å²) in [5.41, 5.74) is 2.53. The van der Waals surface area contributed by atoms with Crippen LogP contribution in [0, 0.1) is 0 Å². The summed E-state index contributed by atoms with van der Waals surface area (Å²) in [5.74, 6) is 0.0367. The maximum absolute atomic E-state index is 13.0. The molecule has 3 aromatic rings. The molecular formula is C24H25ClN2O4. The molecule has 7 heteroatoms. The highest BCUT2D eigenvalue weighted by Gasteiger charge is 2.19. The SMILES string of the molecule is CCCCc1nc(Cl)c(CO)n1Cc1ccc(C(=O)c2ccccc2C(=O)OC)cc1. The van der Waals surface area contributed by atoms with Gasteiger partial charge in [-0.15, -0.1) is 0 Å². The summed E-state index contributed by atoms with van der Waals surface area (Å²) < 4.78 is 6.71. The molecule has 1 N–H and O–H groups in total. The van der Waals surface area contributed by atoms with Gasteiger partial charge in [-0.3, -0.25) is 4.79 Å². The Morgan fingerprint density at radius 1 is 1.10 bits per heavy atom. The van der Waals surface area contributed by atoms with Crippen molar-refractivity contribution in [3.05, 3.63) is 87.5 Å². The maximum Gasteiger partial charge on any atom is 0.338 e. The molecule has 0 aliphatic heterocycles. The van der Waals surface area contributed by atoms with Crippen LogP contribution in [-0.4, -0.2) is 33.5 Å². The van der Waals surface area contributed by atoms with Crippen LogP contribution in [0.2, 0.25) is 5.15 Å². The number of benzene rings is 2. The van der Waals surface area contributed by atoms with E-state index in [0.717, 1.165) is 30.7 Å². The summed E-state index contributed by atoms with van der Waals surface area (Å²) in [6.07, 6.45) is 2.78. The van der Waals surface area contributed by atoms with Crippen molar-refractivity contribution in [3.8, 4) is 0 Å². The van der Waals surface area contributed by atoms with Crippen molar-refractivity contribution in [2.45, 2.75) is 39.3 Å². The van der Waals surface area contributed by atoms with Crippen LogP contribution in [0.4, 0.5) is 0 Å². The molecule has 2 aromatic carbocycles. The molecule has 0 atom stereocenters. The molecule has 0 amide bonds. The Hall–Kier alpha value is -2.96. The standard InChI is InChI=1S/C24H25ClN2O4/c1-3-4-9-21-26-23(25)20(15-28)27(21)14-16-10-12-17(13-11-16)22(29)18-7-5-6-8-19(18)24(30)31-2/h5-8,10-13,28H,3-4,9,14-15H2,1-2H3. The smallest absolute Gasteiger partial charge is 0.338 e. The number of aryl methyl sites for hydroxylation is 1. The van der Waals surface area contributed by atoms with Crippen LogP contribution in [-0.2, 0) is 24.3 Å². The third-order valence-corrected chi connectivity index (χ3v) is 5.44. The number of hydrogen-bond donors (Lipinski definition) is 1. The molecule has 162 valence electrons. The summed E-state index contributed by atoms with van der Waals surface area (Å²) in [4.78, 5) is 29.3. The molecule has 3 rings (SSSR count).